The maximum absolute atomic E-state index is 13.1. The summed E-state index contributed by atoms with van der Waals surface area (Å²) in [6.45, 7) is 5.96. The highest BCUT2D eigenvalue weighted by atomic mass is 16.6. The maximum atomic E-state index is 13.1. The molecule has 0 bridgehead atoms. The molecule has 1 aliphatic heterocycles. The summed E-state index contributed by atoms with van der Waals surface area (Å²) in [7, 11) is 0. The molecular formula is C37H36N6O7. The lowest BCUT2D eigenvalue weighted by Gasteiger charge is -2.31. The molecular weight excluding hydrogens is 640 g/mol. The van der Waals surface area contributed by atoms with Crippen LogP contribution in [0, 0.1) is 5.41 Å². The Morgan fingerprint density at radius 1 is 1.00 bits per heavy atom. The number of para-hydroxylation sites is 1. The van der Waals surface area contributed by atoms with Gasteiger partial charge in [0.05, 0.1) is 11.3 Å². The second kappa shape index (κ2) is 17.1. The van der Waals surface area contributed by atoms with Gasteiger partial charge in [0.2, 0.25) is 6.41 Å². The molecule has 50 heavy (non-hydrogen) atoms. The summed E-state index contributed by atoms with van der Waals surface area (Å²) in [5.41, 5.74) is 1.32. The fourth-order valence-electron chi connectivity index (χ4n) is 5.17. The number of carbonyl (C=O) groups is 2. The summed E-state index contributed by atoms with van der Waals surface area (Å²) in [6, 6.07) is 24.9. The van der Waals surface area contributed by atoms with Crippen molar-refractivity contribution in [3.63, 3.8) is 0 Å². The van der Waals surface area contributed by atoms with Crippen molar-refractivity contribution in [3.8, 4) is 22.8 Å². The summed E-state index contributed by atoms with van der Waals surface area (Å²) >= 11 is 0. The third kappa shape index (κ3) is 9.10. The fraction of sp³-hybridized carbons (Fsp3) is 0.189. The Balaban J connectivity index is 0.00000156. The first-order valence-corrected chi connectivity index (χ1v) is 15.8. The van der Waals surface area contributed by atoms with Crippen LogP contribution in [0.1, 0.15) is 36.7 Å². The summed E-state index contributed by atoms with van der Waals surface area (Å²) in [6.07, 6.45) is 4.47. The number of piperidine rings is 1. The van der Waals surface area contributed by atoms with Crippen molar-refractivity contribution in [3.05, 3.63) is 131 Å². The van der Waals surface area contributed by atoms with Crippen LogP contribution in [0.3, 0.4) is 0 Å². The topological polar surface area (TPSA) is 173 Å². The predicted octanol–water partition coefficient (Wildman–Crippen LogP) is 6.87. The molecule has 2 aromatic heterocycles. The number of nitrogens with zero attached hydrogens (tertiary/aromatic N) is 3. The Kier molecular flexibility index (Phi) is 11.9. The highest BCUT2D eigenvalue weighted by Crippen LogP contribution is 2.28. The number of anilines is 2. The van der Waals surface area contributed by atoms with Crippen molar-refractivity contribution in [1.82, 2.24) is 14.9 Å². The Morgan fingerprint density at radius 2 is 1.66 bits per heavy atom. The lowest BCUT2D eigenvalue weighted by Crippen LogP contribution is -2.41. The molecule has 3 aromatic carbocycles. The largest absolute Gasteiger partial charge is 0.519 e. The number of benzene rings is 3. The SMILES string of the molecule is C=CC.N=C(c1ccc(Oc2ccccc2)cc1)c1c(NC(=O)OCc2oc(=O)oc2-c2ccccc2)ncnc1NC1CCCN(C=O)C1. The zero-order valence-corrected chi connectivity index (χ0v) is 27.3. The van der Waals surface area contributed by atoms with Crippen molar-refractivity contribution in [2.75, 3.05) is 23.7 Å². The van der Waals surface area contributed by atoms with Crippen molar-refractivity contribution >= 4 is 29.9 Å². The van der Waals surface area contributed by atoms with Crippen molar-refractivity contribution in [1.29, 1.82) is 5.41 Å². The Morgan fingerprint density at radius 3 is 2.36 bits per heavy atom. The molecule has 3 N–H and O–H groups in total. The molecule has 13 heteroatoms. The first-order chi connectivity index (χ1) is 24.4. The van der Waals surface area contributed by atoms with Gasteiger partial charge in [0, 0.05) is 30.3 Å². The molecule has 0 aliphatic carbocycles. The van der Waals surface area contributed by atoms with E-state index in [-0.39, 0.29) is 34.7 Å². The standard InChI is InChI=1S/C34H30N6O7.C3H6/c35-29(22-13-15-26(16-14-22)45-25-11-5-2-6-12-25)28-31(38-24-10-7-17-40(18-24)21-41)36-20-37-32(28)39-33(42)44-19-27-30(47-34(43)46-27)23-8-3-1-4-9-23;1-3-2/h1-6,8-9,11-16,20-21,24,35H,7,10,17-19H2,(H2,36,37,38,39,42);3H,1H2,2H3. The number of aromatic nitrogens is 2. The minimum Gasteiger partial charge on any atom is -0.457 e. The van der Waals surface area contributed by atoms with Crippen molar-refractivity contribution in [2.24, 2.45) is 0 Å². The van der Waals surface area contributed by atoms with Crippen LogP contribution in [-0.4, -0.2) is 52.2 Å². The second-order valence-corrected chi connectivity index (χ2v) is 11.0. The first kappa shape index (κ1) is 34.8. The Hall–Kier alpha value is -6.50. The molecule has 6 rings (SSSR count). The number of nitrogens with one attached hydrogen (secondary N) is 3. The van der Waals surface area contributed by atoms with E-state index in [1.54, 1.807) is 59.5 Å². The van der Waals surface area contributed by atoms with E-state index in [1.165, 1.54) is 6.33 Å². The van der Waals surface area contributed by atoms with Crippen LogP contribution < -0.4 is 21.2 Å². The summed E-state index contributed by atoms with van der Waals surface area (Å²) < 4.78 is 21.6. The molecule has 13 nitrogen and oxygen atoms in total. The minimum absolute atomic E-state index is 0.0158. The average Bonchev–Trinajstić information content (AvgIpc) is 3.52. The number of amides is 2. The normalized spacial score (nSPS) is 13.6. The van der Waals surface area contributed by atoms with E-state index in [2.05, 4.69) is 27.2 Å². The molecule has 1 atom stereocenters. The van der Waals surface area contributed by atoms with Gasteiger partial charge in [0.15, 0.2) is 18.1 Å². The summed E-state index contributed by atoms with van der Waals surface area (Å²) in [5.74, 6) is 0.818. The number of allylic oxidation sites excluding steroid dienone is 1. The van der Waals surface area contributed by atoms with Gasteiger partial charge in [-0.05, 0) is 56.2 Å². The van der Waals surface area contributed by atoms with E-state index < -0.39 is 18.5 Å². The number of carbonyl (C=O) groups excluding carboxylic acids is 2. The molecule has 1 aliphatic rings. The number of ether oxygens (including phenoxy) is 2. The number of hydrogen-bond acceptors (Lipinski definition) is 11. The summed E-state index contributed by atoms with van der Waals surface area (Å²) in [4.78, 5) is 46.7. The van der Waals surface area contributed by atoms with E-state index in [9.17, 15) is 14.4 Å². The van der Waals surface area contributed by atoms with Crippen LogP contribution in [0.2, 0.25) is 0 Å². The lowest BCUT2D eigenvalue weighted by molar-refractivity contribution is -0.119. The molecule has 0 saturated carbocycles. The van der Waals surface area contributed by atoms with E-state index in [1.807, 2.05) is 43.3 Å². The number of hydrogen-bond donors (Lipinski definition) is 3. The quantitative estimate of drug-likeness (QED) is 0.0761. The summed E-state index contributed by atoms with van der Waals surface area (Å²) in [5, 5.41) is 15.1. The Labute approximate surface area is 288 Å². The third-order valence-corrected chi connectivity index (χ3v) is 7.40. The minimum atomic E-state index is -0.929. The second-order valence-electron chi connectivity index (χ2n) is 11.0. The fourth-order valence-corrected chi connectivity index (χ4v) is 5.17. The van der Waals surface area contributed by atoms with E-state index in [0.29, 0.717) is 41.5 Å². The highest BCUT2D eigenvalue weighted by molar-refractivity contribution is 6.17. The molecule has 5 aromatic rings. The van der Waals surface area contributed by atoms with Gasteiger partial charge >= 0.3 is 11.9 Å². The molecule has 1 saturated heterocycles. The number of likely N-dealkylation sites (tertiary alicyclic amines) is 1. The molecule has 1 unspecified atom stereocenters. The van der Waals surface area contributed by atoms with Gasteiger partial charge in [0.1, 0.15) is 29.5 Å². The molecule has 3 heterocycles. The van der Waals surface area contributed by atoms with Crippen LogP contribution in [0.4, 0.5) is 16.4 Å². The van der Waals surface area contributed by atoms with E-state index in [0.717, 1.165) is 19.3 Å². The van der Waals surface area contributed by atoms with E-state index >= 15 is 0 Å². The van der Waals surface area contributed by atoms with Gasteiger partial charge in [-0.15, -0.1) is 6.58 Å². The van der Waals surface area contributed by atoms with Gasteiger partial charge in [-0.1, -0.05) is 54.6 Å². The monoisotopic (exact) mass is 676 g/mol. The molecule has 0 radical (unpaired) electrons. The van der Waals surface area contributed by atoms with Gasteiger partial charge in [0.25, 0.3) is 0 Å². The van der Waals surface area contributed by atoms with Crippen LogP contribution in [0.15, 0.2) is 118 Å². The highest BCUT2D eigenvalue weighted by Gasteiger charge is 2.25. The van der Waals surface area contributed by atoms with Gasteiger partial charge in [-0.3, -0.25) is 15.5 Å². The molecule has 256 valence electrons. The average molecular weight is 677 g/mol. The lowest BCUT2D eigenvalue weighted by atomic mass is 10.0. The van der Waals surface area contributed by atoms with Crippen LogP contribution >= 0.6 is 0 Å². The molecule has 1 fully saturated rings. The van der Waals surface area contributed by atoms with E-state index in [4.69, 9.17) is 23.7 Å². The molecule has 2 amide bonds. The van der Waals surface area contributed by atoms with Crippen LogP contribution in [-0.2, 0) is 16.1 Å². The van der Waals surface area contributed by atoms with Gasteiger partial charge in [-0.2, -0.15) is 0 Å². The van der Waals surface area contributed by atoms with Gasteiger partial charge < -0.3 is 28.5 Å². The van der Waals surface area contributed by atoms with Gasteiger partial charge in [-0.25, -0.2) is 19.6 Å². The maximum Gasteiger partial charge on any atom is 0.519 e. The molecule has 0 spiro atoms. The van der Waals surface area contributed by atoms with Crippen molar-refractivity contribution in [2.45, 2.75) is 32.4 Å². The first-order valence-electron chi connectivity index (χ1n) is 15.8. The van der Waals surface area contributed by atoms with Crippen molar-refractivity contribution < 1.29 is 27.9 Å². The Bertz CT molecular complexity index is 1960. The van der Waals surface area contributed by atoms with Crippen LogP contribution in [0.5, 0.6) is 11.5 Å². The van der Waals surface area contributed by atoms with Crippen LogP contribution in [0.25, 0.3) is 11.3 Å². The number of rotatable bonds is 11. The smallest absolute Gasteiger partial charge is 0.457 e. The zero-order valence-electron chi connectivity index (χ0n) is 27.3. The third-order valence-electron chi connectivity index (χ3n) is 7.40. The zero-order chi connectivity index (χ0) is 35.3. The predicted molar refractivity (Wildman–Crippen MR) is 188 cm³/mol.